The first-order valence-electron chi connectivity index (χ1n) is 28.6. The van der Waals surface area contributed by atoms with Crippen molar-refractivity contribution in [3.8, 4) is 5.75 Å². The SMILES string of the molecule is COc1ccc(CNC(=O)c2sc3c(C=O)c(=O)[nH]c(=O)n3c2Cc2ccccc2)cc1.Cc1c(=O)[nH]c(=O)n2c(Cc3ccccc3)c(C(=O)NCc3ccc(F)cc3)sc12.Cc1cccc(CNC(=O)c2cn3c(=O)n(Cc4ccccc4)c(=O)c(C)c3s2)c1. The van der Waals surface area contributed by atoms with Crippen molar-refractivity contribution < 1.29 is 28.3 Å². The molecule has 0 aliphatic heterocycles. The van der Waals surface area contributed by atoms with Gasteiger partial charge in [0.15, 0.2) is 6.29 Å². The summed E-state index contributed by atoms with van der Waals surface area (Å²) in [5.41, 5.74) is 4.71. The van der Waals surface area contributed by atoms with Gasteiger partial charge in [-0.3, -0.25) is 61.3 Å². The third-order valence-corrected chi connectivity index (χ3v) is 18.5. The Balaban J connectivity index is 0.000000151. The van der Waals surface area contributed by atoms with Crippen LogP contribution in [-0.4, -0.2) is 58.9 Å². The van der Waals surface area contributed by atoms with Gasteiger partial charge in [0, 0.05) is 49.8 Å². The number of rotatable bonds is 17. The van der Waals surface area contributed by atoms with Crippen LogP contribution in [0.25, 0.3) is 14.5 Å². The van der Waals surface area contributed by atoms with E-state index in [-0.39, 0.29) is 64.5 Å². The van der Waals surface area contributed by atoms with Crippen molar-refractivity contribution in [1.29, 1.82) is 0 Å². The minimum atomic E-state index is -0.775. The van der Waals surface area contributed by atoms with Crippen LogP contribution in [0.4, 0.5) is 4.39 Å². The van der Waals surface area contributed by atoms with E-state index < -0.39 is 34.1 Å². The van der Waals surface area contributed by atoms with Gasteiger partial charge in [-0.05, 0) is 78.4 Å². The molecular weight excluding hydrogens is 1230 g/mol. The highest BCUT2D eigenvalue weighted by molar-refractivity contribution is 7.20. The molecule has 0 aliphatic rings. The average molecular weight is 1290 g/mol. The Hall–Kier alpha value is -11.0. The number of thiazole rings is 3. The molecule has 92 heavy (non-hydrogen) atoms. The first-order valence-corrected chi connectivity index (χ1v) is 31.0. The number of nitrogens with zero attached hydrogens (tertiary/aromatic N) is 4. The maximum absolute atomic E-state index is 13.1. The molecule has 12 aromatic rings. The van der Waals surface area contributed by atoms with E-state index in [2.05, 4.69) is 25.9 Å². The standard InChI is InChI=1S/C23H19N3O5S.C23H21N3O3S.C22H18FN3O3S/c1-31-16-9-7-15(8-10-16)12-24-21(29)19-18(11-14-5-3-2-4-6-14)26-22(32-19)17(13-27)20(28)25-23(26)30;1-15-7-6-10-18(11-15)12-24-20(27)19-14-26-22(30-19)16(2)21(28)25(23(26)29)13-17-8-4-3-5-9-17;1-13-19(27)25-22(29)26-17(11-14-5-3-2-4-6-14)18(30-21(13)26)20(28)24-12-15-7-9-16(23)10-8-15/h2-10,13H,11-12H2,1H3,(H,24,29)(H,25,28,30);3-11,14H,12-13H2,1-2H3,(H,24,27);2-10H,11-12H2,1H3,(H,24,28)(H,25,27,29). The molecule has 0 atom stereocenters. The number of fused-ring (bicyclic) bond motifs is 3. The lowest BCUT2D eigenvalue weighted by molar-refractivity contribution is 0.0945. The second-order valence-electron chi connectivity index (χ2n) is 21.1. The predicted octanol–water partition coefficient (Wildman–Crippen LogP) is 8.53. The smallest absolute Gasteiger partial charge is 0.336 e. The number of benzene rings is 6. The quantitative estimate of drug-likeness (QED) is 0.0539. The number of hydrogen-bond acceptors (Lipinski definition) is 14. The highest BCUT2D eigenvalue weighted by Crippen LogP contribution is 2.28. The third kappa shape index (κ3) is 14.5. The summed E-state index contributed by atoms with van der Waals surface area (Å²) in [5.74, 6) is -0.667. The Labute approximate surface area is 534 Å². The predicted molar refractivity (Wildman–Crippen MR) is 353 cm³/mol. The zero-order chi connectivity index (χ0) is 65.2. The van der Waals surface area contributed by atoms with Crippen LogP contribution in [0.15, 0.2) is 199 Å². The summed E-state index contributed by atoms with van der Waals surface area (Å²) >= 11 is 3.22. The zero-order valence-corrected chi connectivity index (χ0v) is 52.3. The van der Waals surface area contributed by atoms with E-state index >= 15 is 0 Å². The molecule has 0 radical (unpaired) electrons. The maximum Gasteiger partial charge on any atom is 0.336 e. The summed E-state index contributed by atoms with van der Waals surface area (Å²) in [4.78, 5) is 132. The lowest BCUT2D eigenvalue weighted by Gasteiger charge is -2.08. The number of halogens is 1. The van der Waals surface area contributed by atoms with Crippen LogP contribution in [0, 0.1) is 26.6 Å². The van der Waals surface area contributed by atoms with Crippen LogP contribution in [0.1, 0.15) is 101 Å². The Morgan fingerprint density at radius 2 is 1.02 bits per heavy atom. The van der Waals surface area contributed by atoms with Crippen molar-refractivity contribution in [3.05, 3.63) is 320 Å². The van der Waals surface area contributed by atoms with Gasteiger partial charge in [-0.25, -0.2) is 18.8 Å². The van der Waals surface area contributed by atoms with Crippen LogP contribution in [0.2, 0.25) is 0 Å². The van der Waals surface area contributed by atoms with E-state index in [1.54, 1.807) is 45.2 Å². The molecule has 0 spiro atoms. The summed E-state index contributed by atoms with van der Waals surface area (Å²) in [6.45, 7) is 6.36. The number of carbonyl (C=O) groups excluding carboxylic acids is 4. The van der Waals surface area contributed by atoms with E-state index in [1.165, 1.54) is 36.1 Å². The molecule has 6 aromatic heterocycles. The molecule has 5 N–H and O–H groups in total. The number of ether oxygens (including phenoxy) is 1. The first kappa shape index (κ1) is 64.0. The van der Waals surface area contributed by atoms with E-state index in [4.69, 9.17) is 4.74 Å². The molecule has 0 aliphatic carbocycles. The summed E-state index contributed by atoms with van der Waals surface area (Å²) < 4.78 is 23.5. The van der Waals surface area contributed by atoms with E-state index in [9.17, 15) is 52.3 Å². The van der Waals surface area contributed by atoms with E-state index in [0.29, 0.717) is 66.9 Å². The Kier molecular flexibility index (Phi) is 20.0. The fourth-order valence-corrected chi connectivity index (χ4v) is 13.3. The van der Waals surface area contributed by atoms with Gasteiger partial charge in [0.25, 0.3) is 34.4 Å². The molecule has 6 heterocycles. The van der Waals surface area contributed by atoms with Crippen LogP contribution in [-0.2, 0) is 39.0 Å². The van der Waals surface area contributed by atoms with Gasteiger partial charge in [0.05, 0.1) is 25.0 Å². The summed E-state index contributed by atoms with van der Waals surface area (Å²) in [7, 11) is 1.58. The number of nitrogens with one attached hydrogen (secondary N) is 5. The van der Waals surface area contributed by atoms with Crippen molar-refractivity contribution in [2.45, 2.75) is 59.8 Å². The normalized spacial score (nSPS) is 10.9. The molecule has 12 rings (SSSR count). The number of H-pyrrole nitrogens is 2. The molecule has 466 valence electrons. The molecule has 0 bridgehead atoms. The van der Waals surface area contributed by atoms with Crippen molar-refractivity contribution >= 4 is 72.5 Å². The minimum absolute atomic E-state index is 0.147. The van der Waals surface area contributed by atoms with Crippen LogP contribution in [0.3, 0.4) is 0 Å². The monoisotopic (exact) mass is 1290 g/mol. The van der Waals surface area contributed by atoms with E-state index in [1.807, 2.05) is 134 Å². The number of carbonyl (C=O) groups is 4. The Morgan fingerprint density at radius 1 is 0.533 bits per heavy atom. The highest BCUT2D eigenvalue weighted by atomic mass is 32.1. The van der Waals surface area contributed by atoms with E-state index in [0.717, 1.165) is 73.0 Å². The zero-order valence-electron chi connectivity index (χ0n) is 49.9. The number of aryl methyl sites for hydroxylation is 3. The molecule has 24 heteroatoms. The molecular formula is C68H58FN9O11S3. The number of aromatic amines is 2. The summed E-state index contributed by atoms with van der Waals surface area (Å²) in [6.07, 6.45) is 2.54. The van der Waals surface area contributed by atoms with Crippen LogP contribution in [0.5, 0.6) is 5.75 Å². The van der Waals surface area contributed by atoms with Crippen molar-refractivity contribution in [2.24, 2.45) is 0 Å². The highest BCUT2D eigenvalue weighted by Gasteiger charge is 2.25. The van der Waals surface area contributed by atoms with Crippen molar-refractivity contribution in [3.63, 3.8) is 0 Å². The Bertz CT molecular complexity index is 5110. The number of amides is 3. The van der Waals surface area contributed by atoms with Gasteiger partial charge in [0.2, 0.25) is 0 Å². The number of aldehydes is 1. The molecule has 6 aromatic carbocycles. The second kappa shape index (κ2) is 28.7. The lowest BCUT2D eigenvalue weighted by Crippen LogP contribution is -2.38. The summed E-state index contributed by atoms with van der Waals surface area (Å²) in [6, 6.07) is 49.2. The second-order valence-corrected chi connectivity index (χ2v) is 24.1. The Morgan fingerprint density at radius 3 is 1.57 bits per heavy atom. The van der Waals surface area contributed by atoms with Crippen molar-refractivity contribution in [1.82, 2.24) is 43.7 Å². The van der Waals surface area contributed by atoms with Gasteiger partial charge in [-0.15, -0.1) is 34.0 Å². The molecule has 0 saturated heterocycles. The van der Waals surface area contributed by atoms with Gasteiger partial charge in [-0.2, -0.15) is 0 Å². The van der Waals surface area contributed by atoms with Crippen molar-refractivity contribution in [2.75, 3.05) is 7.11 Å². The van der Waals surface area contributed by atoms with Crippen LogP contribution < -0.4 is 54.4 Å². The largest absolute Gasteiger partial charge is 0.497 e. The molecule has 20 nitrogen and oxygen atoms in total. The molecule has 0 unspecified atom stereocenters. The number of aromatic nitrogens is 6. The van der Waals surface area contributed by atoms with Gasteiger partial charge >= 0.3 is 17.1 Å². The van der Waals surface area contributed by atoms with Gasteiger partial charge in [0.1, 0.15) is 46.3 Å². The number of methoxy groups -OCH3 is 1. The lowest BCUT2D eigenvalue weighted by atomic mass is 10.1. The molecule has 0 saturated carbocycles. The van der Waals surface area contributed by atoms with Gasteiger partial charge in [-0.1, -0.05) is 145 Å². The number of hydrogen-bond donors (Lipinski definition) is 5. The fourth-order valence-electron chi connectivity index (χ4n) is 9.96. The van der Waals surface area contributed by atoms with Gasteiger partial charge < -0.3 is 20.7 Å². The molecule has 0 fully saturated rings. The minimum Gasteiger partial charge on any atom is -0.497 e. The first-order chi connectivity index (χ1) is 44.4. The fraction of sp³-hybridized carbons (Fsp3) is 0.147. The van der Waals surface area contributed by atoms with Crippen LogP contribution >= 0.6 is 34.0 Å². The maximum atomic E-state index is 13.1. The topological polar surface area (TPSA) is 266 Å². The average Bonchev–Trinajstić information content (AvgIpc) is 1.61. The molecule has 3 amide bonds. The summed E-state index contributed by atoms with van der Waals surface area (Å²) in [5, 5.41) is 8.55. The third-order valence-electron chi connectivity index (χ3n) is 14.7.